The Labute approximate surface area is 117 Å². The first-order valence-corrected chi connectivity index (χ1v) is 6.23. The zero-order chi connectivity index (χ0) is 14.5. The minimum Gasteiger partial charge on any atom is -0.466 e. The van der Waals surface area contributed by atoms with Crippen molar-refractivity contribution in [2.45, 2.75) is 6.92 Å². The molecule has 0 aliphatic heterocycles. The van der Waals surface area contributed by atoms with Crippen molar-refractivity contribution in [3.63, 3.8) is 0 Å². The molecule has 20 heavy (non-hydrogen) atoms. The van der Waals surface area contributed by atoms with Gasteiger partial charge in [-0.15, -0.1) is 0 Å². The van der Waals surface area contributed by atoms with Crippen LogP contribution in [0.1, 0.15) is 12.5 Å². The number of hydrogen-bond donors (Lipinski definition) is 0. The third-order valence-electron chi connectivity index (χ3n) is 3.03. The Morgan fingerprint density at radius 3 is 2.40 bits per heavy atom. The van der Waals surface area contributed by atoms with Crippen LogP contribution in [-0.2, 0) is 9.53 Å². The zero-order valence-electron chi connectivity index (χ0n) is 11.4. The van der Waals surface area contributed by atoms with Gasteiger partial charge in [-0.05, 0) is 41.3 Å². The Hall–Kier alpha value is -2.42. The predicted molar refractivity (Wildman–Crippen MR) is 77.5 cm³/mol. The summed E-state index contributed by atoms with van der Waals surface area (Å²) < 4.78 is 17.8. The van der Waals surface area contributed by atoms with E-state index < -0.39 is 0 Å². The molecular weight excluding hydrogens is 255 g/mol. The van der Waals surface area contributed by atoms with Gasteiger partial charge in [-0.25, -0.2) is 9.18 Å². The van der Waals surface area contributed by atoms with Crippen LogP contribution in [0.15, 0.2) is 54.6 Å². The van der Waals surface area contributed by atoms with Gasteiger partial charge in [0.15, 0.2) is 0 Å². The first kappa shape index (κ1) is 14.0. The second-order valence-corrected chi connectivity index (χ2v) is 4.44. The Balaban J connectivity index is 2.27. The number of ether oxygens (including phenoxy) is 1. The van der Waals surface area contributed by atoms with Crippen LogP contribution in [-0.4, -0.2) is 13.1 Å². The van der Waals surface area contributed by atoms with E-state index in [0.717, 1.165) is 22.3 Å². The molecule has 0 heterocycles. The molecule has 0 aromatic heterocycles. The van der Waals surface area contributed by atoms with Crippen LogP contribution in [0.2, 0.25) is 0 Å². The molecule has 0 amide bonds. The summed E-state index contributed by atoms with van der Waals surface area (Å²) in [5, 5.41) is 0. The standard InChI is InChI=1S/C17H15FO2/c1-12(10-17(19)20-2)13-6-8-14(9-7-13)15-4-3-5-16(18)11-15/h3-11H,1-2H3/b12-10+. The molecule has 0 fully saturated rings. The first-order chi connectivity index (χ1) is 9.60. The summed E-state index contributed by atoms with van der Waals surface area (Å²) >= 11 is 0. The van der Waals surface area contributed by atoms with Crippen LogP contribution in [0.3, 0.4) is 0 Å². The third kappa shape index (κ3) is 3.32. The molecule has 0 aliphatic carbocycles. The number of allylic oxidation sites excluding steroid dienone is 1. The average Bonchev–Trinajstić information content (AvgIpc) is 2.47. The predicted octanol–water partition coefficient (Wildman–Crippen LogP) is 4.07. The van der Waals surface area contributed by atoms with E-state index in [1.54, 1.807) is 6.07 Å². The van der Waals surface area contributed by atoms with Crippen LogP contribution < -0.4 is 0 Å². The summed E-state index contributed by atoms with van der Waals surface area (Å²) in [6.45, 7) is 1.84. The maximum absolute atomic E-state index is 13.2. The average molecular weight is 270 g/mol. The van der Waals surface area contributed by atoms with Gasteiger partial charge in [0.05, 0.1) is 7.11 Å². The van der Waals surface area contributed by atoms with E-state index in [1.807, 2.05) is 37.3 Å². The van der Waals surface area contributed by atoms with Crippen molar-refractivity contribution in [2.75, 3.05) is 7.11 Å². The van der Waals surface area contributed by atoms with Crippen molar-refractivity contribution >= 4 is 11.5 Å². The van der Waals surface area contributed by atoms with E-state index in [1.165, 1.54) is 25.3 Å². The first-order valence-electron chi connectivity index (χ1n) is 6.23. The molecule has 0 aliphatic rings. The highest BCUT2D eigenvalue weighted by Crippen LogP contribution is 2.23. The lowest BCUT2D eigenvalue weighted by Gasteiger charge is -2.05. The summed E-state index contributed by atoms with van der Waals surface area (Å²) in [5.41, 5.74) is 3.50. The normalized spacial score (nSPS) is 11.2. The monoisotopic (exact) mass is 270 g/mol. The van der Waals surface area contributed by atoms with Crippen molar-refractivity contribution in [1.82, 2.24) is 0 Å². The molecule has 0 spiro atoms. The summed E-state index contributed by atoms with van der Waals surface area (Å²) in [6, 6.07) is 14.0. The summed E-state index contributed by atoms with van der Waals surface area (Å²) in [6.07, 6.45) is 1.44. The van der Waals surface area contributed by atoms with Crippen LogP contribution in [0, 0.1) is 5.82 Å². The maximum atomic E-state index is 13.2. The van der Waals surface area contributed by atoms with Crippen LogP contribution in [0.4, 0.5) is 4.39 Å². The Kier molecular flexibility index (Phi) is 4.31. The molecule has 102 valence electrons. The fourth-order valence-corrected chi connectivity index (χ4v) is 1.91. The Morgan fingerprint density at radius 2 is 1.80 bits per heavy atom. The highest BCUT2D eigenvalue weighted by molar-refractivity contribution is 5.90. The van der Waals surface area contributed by atoms with E-state index in [4.69, 9.17) is 0 Å². The topological polar surface area (TPSA) is 26.3 Å². The molecule has 0 unspecified atom stereocenters. The van der Waals surface area contributed by atoms with Gasteiger partial charge in [-0.3, -0.25) is 0 Å². The zero-order valence-corrected chi connectivity index (χ0v) is 11.4. The number of benzene rings is 2. The van der Waals surface area contributed by atoms with E-state index in [9.17, 15) is 9.18 Å². The largest absolute Gasteiger partial charge is 0.466 e. The summed E-state index contributed by atoms with van der Waals surface area (Å²) in [7, 11) is 1.35. The molecule has 0 atom stereocenters. The van der Waals surface area contributed by atoms with E-state index in [0.29, 0.717) is 0 Å². The van der Waals surface area contributed by atoms with Gasteiger partial charge in [0.25, 0.3) is 0 Å². The van der Waals surface area contributed by atoms with Gasteiger partial charge in [0.2, 0.25) is 0 Å². The lowest BCUT2D eigenvalue weighted by Crippen LogP contribution is -1.95. The van der Waals surface area contributed by atoms with Crippen molar-refractivity contribution < 1.29 is 13.9 Å². The number of carbonyl (C=O) groups excluding carboxylic acids is 1. The van der Waals surface area contributed by atoms with E-state index in [2.05, 4.69) is 4.74 Å². The van der Waals surface area contributed by atoms with Gasteiger partial charge < -0.3 is 4.74 Å². The Morgan fingerprint density at radius 1 is 1.10 bits per heavy atom. The molecule has 2 nitrogen and oxygen atoms in total. The number of halogens is 1. The highest BCUT2D eigenvalue weighted by atomic mass is 19.1. The second kappa shape index (κ2) is 6.15. The fraction of sp³-hybridized carbons (Fsp3) is 0.118. The molecular formula is C17H15FO2. The minimum atomic E-state index is -0.378. The molecule has 2 aromatic rings. The molecule has 0 N–H and O–H groups in total. The highest BCUT2D eigenvalue weighted by Gasteiger charge is 2.02. The molecule has 0 bridgehead atoms. The van der Waals surface area contributed by atoms with E-state index in [-0.39, 0.29) is 11.8 Å². The molecule has 0 radical (unpaired) electrons. The van der Waals surface area contributed by atoms with Gasteiger partial charge in [-0.2, -0.15) is 0 Å². The van der Waals surface area contributed by atoms with Gasteiger partial charge >= 0.3 is 5.97 Å². The van der Waals surface area contributed by atoms with Crippen molar-refractivity contribution in [3.8, 4) is 11.1 Å². The van der Waals surface area contributed by atoms with Crippen molar-refractivity contribution in [1.29, 1.82) is 0 Å². The lowest BCUT2D eigenvalue weighted by molar-refractivity contribution is -0.134. The SMILES string of the molecule is COC(=O)/C=C(\C)c1ccc(-c2cccc(F)c2)cc1. The molecule has 2 rings (SSSR count). The van der Waals surface area contributed by atoms with Crippen LogP contribution in [0.25, 0.3) is 16.7 Å². The Bertz CT molecular complexity index is 642. The van der Waals surface area contributed by atoms with Crippen molar-refractivity contribution in [3.05, 3.63) is 66.0 Å². The number of esters is 1. The minimum absolute atomic E-state index is 0.256. The molecule has 2 aromatic carbocycles. The van der Waals surface area contributed by atoms with E-state index >= 15 is 0 Å². The summed E-state index contributed by atoms with van der Waals surface area (Å²) in [4.78, 5) is 11.2. The summed E-state index contributed by atoms with van der Waals surface area (Å²) in [5.74, 6) is -0.634. The van der Waals surface area contributed by atoms with Gasteiger partial charge in [-0.1, -0.05) is 36.4 Å². The molecule has 0 saturated heterocycles. The number of methoxy groups -OCH3 is 1. The van der Waals surface area contributed by atoms with Gasteiger partial charge in [0, 0.05) is 6.08 Å². The molecule has 0 saturated carbocycles. The van der Waals surface area contributed by atoms with Gasteiger partial charge in [0.1, 0.15) is 5.82 Å². The number of rotatable bonds is 3. The quantitative estimate of drug-likeness (QED) is 0.620. The number of hydrogen-bond acceptors (Lipinski definition) is 2. The maximum Gasteiger partial charge on any atom is 0.330 e. The number of carbonyl (C=O) groups is 1. The van der Waals surface area contributed by atoms with Crippen molar-refractivity contribution in [2.24, 2.45) is 0 Å². The second-order valence-electron chi connectivity index (χ2n) is 4.44. The smallest absolute Gasteiger partial charge is 0.330 e. The van der Waals surface area contributed by atoms with Crippen LogP contribution in [0.5, 0.6) is 0 Å². The fourth-order valence-electron chi connectivity index (χ4n) is 1.91. The van der Waals surface area contributed by atoms with Crippen LogP contribution >= 0.6 is 0 Å². The molecule has 3 heteroatoms. The lowest BCUT2D eigenvalue weighted by atomic mass is 10.0. The third-order valence-corrected chi connectivity index (χ3v) is 3.03.